The molecule has 7 heteroatoms. The van der Waals surface area contributed by atoms with Gasteiger partial charge in [-0.05, 0) is 63.8 Å². The lowest BCUT2D eigenvalue weighted by atomic mass is 9.98. The summed E-state index contributed by atoms with van der Waals surface area (Å²) in [5.41, 5.74) is 4.24. The normalized spacial score (nSPS) is 12.5. The van der Waals surface area contributed by atoms with Crippen LogP contribution in [0.4, 0.5) is 10.5 Å². The molecule has 2 unspecified atom stereocenters. The van der Waals surface area contributed by atoms with Gasteiger partial charge in [0.1, 0.15) is 17.7 Å². The smallest absolute Gasteiger partial charge is 0.408 e. The van der Waals surface area contributed by atoms with Crippen LogP contribution >= 0.6 is 0 Å². The summed E-state index contributed by atoms with van der Waals surface area (Å²) >= 11 is 0. The molecule has 7 nitrogen and oxygen atoms in total. The van der Waals surface area contributed by atoms with Crippen LogP contribution in [-0.4, -0.2) is 41.0 Å². The van der Waals surface area contributed by atoms with Crippen molar-refractivity contribution >= 4 is 23.6 Å². The number of hydrogen-bond donors (Lipinski definition) is 2. The number of amides is 3. The number of hydrogen-bond acceptors (Lipinski definition) is 4. The number of benzene rings is 3. The molecule has 0 aliphatic carbocycles. The zero-order chi connectivity index (χ0) is 30.2. The second-order valence-corrected chi connectivity index (χ2v) is 11.2. The third-order valence-corrected chi connectivity index (χ3v) is 6.53. The van der Waals surface area contributed by atoms with E-state index >= 15 is 0 Å². The highest BCUT2D eigenvalue weighted by Gasteiger charge is 2.36. The maximum absolute atomic E-state index is 14.4. The lowest BCUT2D eigenvalue weighted by Crippen LogP contribution is -2.53. The molecule has 0 heterocycles. The topological polar surface area (TPSA) is 87.7 Å². The first-order valence-electron chi connectivity index (χ1n) is 13.8. The van der Waals surface area contributed by atoms with Gasteiger partial charge in [0.25, 0.3) is 5.91 Å². The van der Waals surface area contributed by atoms with Crippen LogP contribution < -0.4 is 10.6 Å². The number of alkyl carbamates (subject to hydrolysis) is 1. The van der Waals surface area contributed by atoms with E-state index in [0.717, 1.165) is 22.3 Å². The van der Waals surface area contributed by atoms with Gasteiger partial charge in [-0.25, -0.2) is 4.79 Å². The first-order valence-corrected chi connectivity index (χ1v) is 13.8. The maximum Gasteiger partial charge on any atom is 0.408 e. The van der Waals surface area contributed by atoms with Crippen LogP contribution in [0.2, 0.25) is 0 Å². The molecule has 0 bridgehead atoms. The van der Waals surface area contributed by atoms with Crippen molar-refractivity contribution in [2.45, 2.75) is 65.6 Å². The molecular weight excluding hydrogens is 514 g/mol. The first kappa shape index (κ1) is 31.1. The molecule has 0 saturated heterocycles. The second-order valence-electron chi connectivity index (χ2n) is 11.2. The standard InChI is InChI=1S/C34H41N3O4/c1-8-20-37(32(39)28(22-26-17-10-9-11-18-26)35-33(40)41-34(5,6)7)30(27-19-12-14-23(2)21-27)31(38)36-29-24(3)15-13-16-25(29)4/h8-19,21,28,30H,1,20,22H2,2-7H3,(H,35,40)(H,36,38). The van der Waals surface area contributed by atoms with E-state index in [0.29, 0.717) is 11.3 Å². The van der Waals surface area contributed by atoms with Crippen LogP contribution in [0.5, 0.6) is 0 Å². The van der Waals surface area contributed by atoms with Crippen molar-refractivity contribution in [3.8, 4) is 0 Å². The van der Waals surface area contributed by atoms with Gasteiger partial charge in [-0.2, -0.15) is 0 Å². The molecule has 3 aromatic carbocycles. The van der Waals surface area contributed by atoms with Crippen LogP contribution in [0.1, 0.15) is 54.6 Å². The lowest BCUT2D eigenvalue weighted by molar-refractivity contribution is -0.140. The van der Waals surface area contributed by atoms with Crippen LogP contribution in [0.15, 0.2) is 85.5 Å². The minimum Gasteiger partial charge on any atom is -0.444 e. The van der Waals surface area contributed by atoms with Crippen LogP contribution in [-0.2, 0) is 20.7 Å². The molecule has 3 rings (SSSR count). The Morgan fingerprint density at radius 2 is 1.56 bits per heavy atom. The monoisotopic (exact) mass is 555 g/mol. The van der Waals surface area contributed by atoms with Crippen LogP contribution in [0.25, 0.3) is 0 Å². The van der Waals surface area contributed by atoms with Crippen molar-refractivity contribution in [2.24, 2.45) is 0 Å². The molecule has 0 fully saturated rings. The van der Waals surface area contributed by atoms with Gasteiger partial charge >= 0.3 is 6.09 Å². The van der Waals surface area contributed by atoms with Crippen molar-refractivity contribution in [1.82, 2.24) is 10.2 Å². The molecule has 0 radical (unpaired) electrons. The SMILES string of the molecule is C=CCN(C(=O)C(Cc1ccccc1)NC(=O)OC(C)(C)C)C(C(=O)Nc1c(C)cccc1C)c1cccc(C)c1. The minimum atomic E-state index is -0.993. The summed E-state index contributed by atoms with van der Waals surface area (Å²) < 4.78 is 5.49. The van der Waals surface area contributed by atoms with E-state index in [9.17, 15) is 14.4 Å². The summed E-state index contributed by atoms with van der Waals surface area (Å²) in [6, 6.07) is 20.7. The van der Waals surface area contributed by atoms with E-state index in [2.05, 4.69) is 17.2 Å². The van der Waals surface area contributed by atoms with Crippen molar-refractivity contribution in [3.05, 3.63) is 113 Å². The number of carbonyl (C=O) groups is 3. The van der Waals surface area contributed by atoms with Gasteiger partial charge in [-0.15, -0.1) is 6.58 Å². The number of anilines is 1. The molecule has 2 N–H and O–H groups in total. The van der Waals surface area contributed by atoms with E-state index in [1.165, 1.54) is 4.90 Å². The molecule has 0 spiro atoms. The fourth-order valence-corrected chi connectivity index (χ4v) is 4.68. The van der Waals surface area contributed by atoms with Gasteiger partial charge in [0.2, 0.25) is 5.91 Å². The van der Waals surface area contributed by atoms with E-state index in [4.69, 9.17) is 4.74 Å². The van der Waals surface area contributed by atoms with Crippen molar-refractivity contribution < 1.29 is 19.1 Å². The molecule has 3 amide bonds. The molecule has 2 atom stereocenters. The van der Waals surface area contributed by atoms with Crippen molar-refractivity contribution in [1.29, 1.82) is 0 Å². The quantitative estimate of drug-likeness (QED) is 0.282. The fourth-order valence-electron chi connectivity index (χ4n) is 4.68. The number of nitrogens with zero attached hydrogens (tertiary/aromatic N) is 1. The van der Waals surface area contributed by atoms with Gasteiger partial charge in [-0.1, -0.05) is 84.4 Å². The molecule has 0 aliphatic heterocycles. The second kappa shape index (κ2) is 13.8. The predicted octanol–water partition coefficient (Wildman–Crippen LogP) is 6.44. The number of aryl methyl sites for hydroxylation is 3. The van der Waals surface area contributed by atoms with Crippen LogP contribution in [0, 0.1) is 20.8 Å². The van der Waals surface area contributed by atoms with Gasteiger partial charge in [0.15, 0.2) is 0 Å². The molecular formula is C34H41N3O4. The Bertz CT molecular complexity index is 1360. The van der Waals surface area contributed by atoms with Gasteiger partial charge in [0, 0.05) is 18.7 Å². The third kappa shape index (κ3) is 8.80. The molecule has 0 aliphatic rings. The Balaban J connectivity index is 2.06. The van der Waals surface area contributed by atoms with Crippen molar-refractivity contribution in [3.63, 3.8) is 0 Å². The Labute approximate surface area is 243 Å². The number of rotatable bonds is 10. The highest BCUT2D eigenvalue weighted by molar-refractivity contribution is 6.00. The summed E-state index contributed by atoms with van der Waals surface area (Å²) in [4.78, 5) is 42.8. The highest BCUT2D eigenvalue weighted by Crippen LogP contribution is 2.28. The van der Waals surface area contributed by atoms with Crippen LogP contribution in [0.3, 0.4) is 0 Å². The maximum atomic E-state index is 14.4. The Hall–Kier alpha value is -4.39. The summed E-state index contributed by atoms with van der Waals surface area (Å²) in [6.45, 7) is 15.0. The van der Waals surface area contributed by atoms with Gasteiger partial charge in [-0.3, -0.25) is 9.59 Å². The minimum absolute atomic E-state index is 0.0822. The molecule has 0 aromatic heterocycles. The van der Waals surface area contributed by atoms with E-state index < -0.39 is 29.7 Å². The number of para-hydroxylation sites is 1. The van der Waals surface area contributed by atoms with Gasteiger partial charge in [0.05, 0.1) is 0 Å². The highest BCUT2D eigenvalue weighted by atomic mass is 16.6. The molecule has 41 heavy (non-hydrogen) atoms. The first-order chi connectivity index (χ1) is 19.4. The molecule has 3 aromatic rings. The summed E-state index contributed by atoms with van der Waals surface area (Å²) in [5, 5.41) is 5.84. The Morgan fingerprint density at radius 3 is 2.15 bits per heavy atom. The largest absolute Gasteiger partial charge is 0.444 e. The lowest BCUT2D eigenvalue weighted by Gasteiger charge is -2.34. The Kier molecular flexibility index (Phi) is 10.5. The molecule has 0 saturated carbocycles. The summed E-state index contributed by atoms with van der Waals surface area (Å²) in [7, 11) is 0. The van der Waals surface area contributed by atoms with E-state index in [1.807, 2.05) is 93.6 Å². The number of nitrogens with one attached hydrogen (secondary N) is 2. The average molecular weight is 556 g/mol. The zero-order valence-electron chi connectivity index (χ0n) is 24.9. The van der Waals surface area contributed by atoms with Crippen molar-refractivity contribution in [2.75, 3.05) is 11.9 Å². The van der Waals surface area contributed by atoms with Gasteiger partial charge < -0.3 is 20.3 Å². The number of ether oxygens (including phenoxy) is 1. The summed E-state index contributed by atoms with van der Waals surface area (Å²) in [6.07, 6.45) is 1.09. The zero-order valence-corrected chi connectivity index (χ0v) is 24.9. The number of carbonyl (C=O) groups excluding carboxylic acids is 3. The third-order valence-electron chi connectivity index (χ3n) is 6.53. The average Bonchev–Trinajstić information content (AvgIpc) is 2.89. The van der Waals surface area contributed by atoms with E-state index in [-0.39, 0.29) is 18.9 Å². The molecule has 216 valence electrons. The fraction of sp³-hybridized carbons (Fsp3) is 0.324. The predicted molar refractivity (Wildman–Crippen MR) is 164 cm³/mol. The Morgan fingerprint density at radius 1 is 0.927 bits per heavy atom. The summed E-state index contributed by atoms with van der Waals surface area (Å²) in [5.74, 6) is -0.790. The van der Waals surface area contributed by atoms with E-state index in [1.54, 1.807) is 26.8 Å².